The molecule has 0 bridgehead atoms. The summed E-state index contributed by atoms with van der Waals surface area (Å²) in [4.78, 5) is 15.2. The standard InChI is InChI=1S/C14H17NOS/c1-10(2)8-17-9-14(16)12-7-15-13-6-4-3-5-11(12)13/h3-7,10,15H,8-9H2,1-2H3. The van der Waals surface area contributed by atoms with E-state index < -0.39 is 0 Å². The van der Waals surface area contributed by atoms with E-state index in [1.165, 1.54) is 0 Å². The maximum absolute atomic E-state index is 12.1. The highest BCUT2D eigenvalue weighted by atomic mass is 32.2. The number of hydrogen-bond acceptors (Lipinski definition) is 2. The van der Waals surface area contributed by atoms with Crippen LogP contribution in [0.25, 0.3) is 10.9 Å². The molecule has 0 fully saturated rings. The summed E-state index contributed by atoms with van der Waals surface area (Å²) in [5.74, 6) is 2.46. The first-order valence-electron chi connectivity index (χ1n) is 5.85. The Kier molecular flexibility index (Phi) is 3.89. The van der Waals surface area contributed by atoms with Gasteiger partial charge in [0.25, 0.3) is 0 Å². The minimum atomic E-state index is 0.216. The van der Waals surface area contributed by atoms with Crippen LogP contribution in [0.5, 0.6) is 0 Å². The number of aromatic nitrogens is 1. The Morgan fingerprint density at radius 3 is 2.88 bits per heavy atom. The Labute approximate surface area is 106 Å². The van der Waals surface area contributed by atoms with Crippen molar-refractivity contribution >= 4 is 28.4 Å². The molecular formula is C14H17NOS. The lowest BCUT2D eigenvalue weighted by molar-refractivity contribution is 0.102. The Bertz CT molecular complexity index is 516. The molecular weight excluding hydrogens is 230 g/mol. The molecule has 17 heavy (non-hydrogen) atoms. The van der Waals surface area contributed by atoms with E-state index in [9.17, 15) is 4.79 Å². The van der Waals surface area contributed by atoms with Gasteiger partial charge < -0.3 is 4.98 Å². The lowest BCUT2D eigenvalue weighted by Gasteiger charge is -2.03. The second kappa shape index (κ2) is 5.41. The van der Waals surface area contributed by atoms with Crippen molar-refractivity contribution in [3.05, 3.63) is 36.0 Å². The smallest absolute Gasteiger partial charge is 0.174 e. The first kappa shape index (κ1) is 12.2. The number of carbonyl (C=O) groups excluding carboxylic acids is 1. The normalized spacial score (nSPS) is 11.2. The van der Waals surface area contributed by atoms with E-state index in [-0.39, 0.29) is 5.78 Å². The molecule has 0 atom stereocenters. The Balaban J connectivity index is 2.09. The molecule has 0 aliphatic heterocycles. The summed E-state index contributed by atoms with van der Waals surface area (Å²) in [7, 11) is 0. The van der Waals surface area contributed by atoms with E-state index >= 15 is 0 Å². The number of para-hydroxylation sites is 1. The fraction of sp³-hybridized carbons (Fsp3) is 0.357. The third kappa shape index (κ3) is 2.91. The molecule has 0 aliphatic carbocycles. The van der Waals surface area contributed by atoms with E-state index in [4.69, 9.17) is 0 Å². The second-order valence-electron chi connectivity index (χ2n) is 4.58. The molecule has 3 heteroatoms. The zero-order chi connectivity index (χ0) is 12.3. The largest absolute Gasteiger partial charge is 0.360 e. The number of Topliss-reactive ketones (excluding diaryl/α,β-unsaturated/α-hetero) is 1. The van der Waals surface area contributed by atoms with Gasteiger partial charge in [0, 0.05) is 22.7 Å². The van der Waals surface area contributed by atoms with Gasteiger partial charge in [-0.25, -0.2) is 0 Å². The molecule has 1 N–H and O–H groups in total. The fourth-order valence-corrected chi connectivity index (χ4v) is 2.70. The van der Waals surface area contributed by atoms with Crippen LogP contribution in [0.15, 0.2) is 30.5 Å². The highest BCUT2D eigenvalue weighted by Gasteiger charge is 2.11. The molecule has 90 valence electrons. The average molecular weight is 247 g/mol. The molecule has 1 aromatic heterocycles. The summed E-state index contributed by atoms with van der Waals surface area (Å²) in [5, 5.41) is 1.03. The summed E-state index contributed by atoms with van der Waals surface area (Å²) in [6.07, 6.45) is 1.82. The molecule has 0 aliphatic rings. The molecule has 0 radical (unpaired) electrons. The second-order valence-corrected chi connectivity index (χ2v) is 5.61. The third-order valence-corrected chi connectivity index (χ3v) is 3.94. The summed E-state index contributed by atoms with van der Waals surface area (Å²) >= 11 is 1.71. The van der Waals surface area contributed by atoms with E-state index in [1.54, 1.807) is 11.8 Å². The maximum atomic E-state index is 12.1. The van der Waals surface area contributed by atoms with Crippen molar-refractivity contribution in [1.82, 2.24) is 4.98 Å². The van der Waals surface area contributed by atoms with Crippen molar-refractivity contribution in [1.29, 1.82) is 0 Å². The lowest BCUT2D eigenvalue weighted by Crippen LogP contribution is -2.03. The first-order valence-corrected chi connectivity index (χ1v) is 7.01. The number of hydrogen-bond donors (Lipinski definition) is 1. The summed E-state index contributed by atoms with van der Waals surface area (Å²) in [6, 6.07) is 7.92. The molecule has 2 rings (SSSR count). The first-order chi connectivity index (χ1) is 8.18. The zero-order valence-electron chi connectivity index (χ0n) is 10.2. The molecule has 0 saturated heterocycles. The van der Waals surface area contributed by atoms with Crippen LogP contribution in [-0.2, 0) is 0 Å². The van der Waals surface area contributed by atoms with Gasteiger partial charge >= 0.3 is 0 Å². The van der Waals surface area contributed by atoms with Gasteiger partial charge in [0.15, 0.2) is 5.78 Å². The molecule has 1 aromatic carbocycles. The lowest BCUT2D eigenvalue weighted by atomic mass is 10.1. The number of aromatic amines is 1. The van der Waals surface area contributed by atoms with Crippen molar-refractivity contribution < 1.29 is 4.79 Å². The summed E-state index contributed by atoms with van der Waals surface area (Å²) < 4.78 is 0. The molecule has 0 spiro atoms. The van der Waals surface area contributed by atoms with E-state index in [1.807, 2.05) is 30.5 Å². The van der Waals surface area contributed by atoms with E-state index in [2.05, 4.69) is 18.8 Å². The predicted molar refractivity (Wildman–Crippen MR) is 74.8 cm³/mol. The Morgan fingerprint density at radius 1 is 1.35 bits per heavy atom. The molecule has 0 amide bonds. The minimum Gasteiger partial charge on any atom is -0.360 e. The van der Waals surface area contributed by atoms with Crippen LogP contribution in [0.4, 0.5) is 0 Å². The highest BCUT2D eigenvalue weighted by molar-refractivity contribution is 7.99. The van der Waals surface area contributed by atoms with Crippen LogP contribution in [0.2, 0.25) is 0 Å². The van der Waals surface area contributed by atoms with Crippen molar-refractivity contribution in [2.45, 2.75) is 13.8 Å². The number of nitrogens with one attached hydrogen (secondary N) is 1. The van der Waals surface area contributed by atoms with E-state index in [0.717, 1.165) is 22.2 Å². The summed E-state index contributed by atoms with van der Waals surface area (Å²) in [6.45, 7) is 4.34. The van der Waals surface area contributed by atoms with Gasteiger partial charge in [0.2, 0.25) is 0 Å². The Hall–Kier alpha value is -1.22. The molecule has 2 nitrogen and oxygen atoms in total. The number of carbonyl (C=O) groups is 1. The maximum Gasteiger partial charge on any atom is 0.174 e. The van der Waals surface area contributed by atoms with Crippen LogP contribution in [0.1, 0.15) is 24.2 Å². The third-order valence-electron chi connectivity index (χ3n) is 2.57. The van der Waals surface area contributed by atoms with Crippen LogP contribution < -0.4 is 0 Å². The van der Waals surface area contributed by atoms with Crippen molar-refractivity contribution in [2.75, 3.05) is 11.5 Å². The molecule has 1 heterocycles. The van der Waals surface area contributed by atoms with Crippen molar-refractivity contribution in [3.8, 4) is 0 Å². The topological polar surface area (TPSA) is 32.9 Å². The van der Waals surface area contributed by atoms with Crippen molar-refractivity contribution in [2.24, 2.45) is 5.92 Å². The van der Waals surface area contributed by atoms with Gasteiger partial charge in [-0.15, -0.1) is 0 Å². The van der Waals surface area contributed by atoms with Gasteiger partial charge in [-0.2, -0.15) is 11.8 Å². The van der Waals surface area contributed by atoms with Gasteiger partial charge in [0.1, 0.15) is 0 Å². The van der Waals surface area contributed by atoms with Crippen molar-refractivity contribution in [3.63, 3.8) is 0 Å². The minimum absolute atomic E-state index is 0.216. The van der Waals surface area contributed by atoms with Crippen LogP contribution in [0.3, 0.4) is 0 Å². The monoisotopic (exact) mass is 247 g/mol. The predicted octanol–water partition coefficient (Wildman–Crippen LogP) is 3.74. The van der Waals surface area contributed by atoms with Crippen LogP contribution >= 0.6 is 11.8 Å². The molecule has 0 saturated carbocycles. The molecule has 0 unspecified atom stereocenters. The highest BCUT2D eigenvalue weighted by Crippen LogP contribution is 2.20. The quantitative estimate of drug-likeness (QED) is 0.816. The zero-order valence-corrected chi connectivity index (χ0v) is 11.0. The van der Waals surface area contributed by atoms with Gasteiger partial charge in [-0.1, -0.05) is 32.0 Å². The van der Waals surface area contributed by atoms with Gasteiger partial charge in [-0.05, 0) is 17.7 Å². The number of fused-ring (bicyclic) bond motifs is 1. The average Bonchev–Trinajstić information content (AvgIpc) is 2.72. The SMILES string of the molecule is CC(C)CSCC(=O)c1c[nH]c2ccccc12. The number of H-pyrrole nitrogens is 1. The number of thioether (sulfide) groups is 1. The fourth-order valence-electron chi connectivity index (χ4n) is 1.77. The van der Waals surface area contributed by atoms with Crippen LogP contribution in [0, 0.1) is 5.92 Å². The van der Waals surface area contributed by atoms with Crippen LogP contribution in [-0.4, -0.2) is 22.3 Å². The van der Waals surface area contributed by atoms with Gasteiger partial charge in [-0.3, -0.25) is 4.79 Å². The number of rotatable bonds is 5. The number of benzene rings is 1. The Morgan fingerprint density at radius 2 is 2.12 bits per heavy atom. The van der Waals surface area contributed by atoms with Gasteiger partial charge in [0.05, 0.1) is 5.75 Å². The van der Waals surface area contributed by atoms with E-state index in [0.29, 0.717) is 11.7 Å². The number of ketones is 1. The molecule has 2 aromatic rings. The summed E-state index contributed by atoms with van der Waals surface area (Å²) in [5.41, 5.74) is 1.85.